The molecule has 0 amide bonds. The van der Waals surface area contributed by atoms with E-state index in [4.69, 9.17) is 20.8 Å². The zero-order valence-corrected chi connectivity index (χ0v) is 12.7. The summed E-state index contributed by atoms with van der Waals surface area (Å²) in [6.45, 7) is 5.71. The maximum absolute atomic E-state index is 13.5. The number of ether oxygens (including phenoxy) is 1. The van der Waals surface area contributed by atoms with Gasteiger partial charge in [0, 0.05) is 5.56 Å². The summed E-state index contributed by atoms with van der Waals surface area (Å²) in [5.74, 6) is -0.959. The molecule has 21 heavy (non-hydrogen) atoms. The van der Waals surface area contributed by atoms with E-state index in [0.717, 1.165) is 0 Å². The number of rotatable bonds is 4. The molecule has 0 unspecified atom stereocenters. The number of benzene rings is 1. The Balaban J connectivity index is 2.48. The normalized spacial score (nSPS) is 11.0. The topological polar surface area (TPSA) is 52.3 Å². The highest BCUT2D eigenvalue weighted by Gasteiger charge is 2.24. The van der Waals surface area contributed by atoms with Crippen molar-refractivity contribution in [1.29, 1.82) is 0 Å². The van der Waals surface area contributed by atoms with Crippen molar-refractivity contribution in [3.05, 3.63) is 40.5 Å². The van der Waals surface area contributed by atoms with Crippen molar-refractivity contribution in [2.45, 2.75) is 26.7 Å². The Morgan fingerprint density at radius 1 is 1.48 bits per heavy atom. The van der Waals surface area contributed by atoms with Gasteiger partial charge in [0.25, 0.3) is 0 Å². The van der Waals surface area contributed by atoms with Crippen molar-refractivity contribution in [2.75, 3.05) is 6.61 Å². The van der Waals surface area contributed by atoms with Gasteiger partial charge in [0.1, 0.15) is 5.82 Å². The highest BCUT2D eigenvalue weighted by atomic mass is 35.5. The quantitative estimate of drug-likeness (QED) is 0.784. The van der Waals surface area contributed by atoms with Crippen molar-refractivity contribution in [3.8, 4) is 11.5 Å². The van der Waals surface area contributed by atoms with Gasteiger partial charge in [-0.25, -0.2) is 14.2 Å². The highest BCUT2D eigenvalue weighted by Crippen LogP contribution is 2.29. The lowest BCUT2D eigenvalue weighted by Crippen LogP contribution is -2.07. The highest BCUT2D eigenvalue weighted by molar-refractivity contribution is 6.30. The Morgan fingerprint density at radius 3 is 2.76 bits per heavy atom. The molecular formula is C15H15ClFNO3. The standard InChI is InChI=1S/C15H15ClFNO3/c1-4-20-15(19)13-12(8(2)3)18-14(21-13)9-5-6-10(16)11(17)7-9/h5-8H,4H2,1-3H3. The van der Waals surface area contributed by atoms with Crippen LogP contribution in [0.3, 0.4) is 0 Å². The third-order valence-corrected chi connectivity index (χ3v) is 3.13. The number of carbonyl (C=O) groups is 1. The number of aromatic nitrogens is 1. The Hall–Kier alpha value is -1.88. The first-order valence-electron chi connectivity index (χ1n) is 6.57. The van der Waals surface area contributed by atoms with E-state index in [0.29, 0.717) is 11.3 Å². The molecule has 0 fully saturated rings. The lowest BCUT2D eigenvalue weighted by atomic mass is 10.1. The fourth-order valence-electron chi connectivity index (χ4n) is 1.82. The van der Waals surface area contributed by atoms with Gasteiger partial charge in [0.2, 0.25) is 11.7 Å². The molecular weight excluding hydrogens is 297 g/mol. The number of nitrogens with zero attached hydrogens (tertiary/aromatic N) is 1. The first kappa shape index (κ1) is 15.5. The van der Waals surface area contributed by atoms with Crippen molar-refractivity contribution < 1.29 is 18.3 Å². The smallest absolute Gasteiger partial charge is 0.376 e. The molecule has 4 nitrogen and oxygen atoms in total. The molecule has 1 aromatic heterocycles. The minimum atomic E-state index is -0.575. The fourth-order valence-corrected chi connectivity index (χ4v) is 1.94. The molecule has 1 heterocycles. The predicted molar refractivity (Wildman–Crippen MR) is 77.0 cm³/mol. The lowest BCUT2D eigenvalue weighted by Gasteiger charge is -2.02. The Kier molecular flexibility index (Phi) is 4.63. The number of oxazole rings is 1. The molecule has 0 aliphatic heterocycles. The van der Waals surface area contributed by atoms with Crippen LogP contribution >= 0.6 is 11.6 Å². The van der Waals surface area contributed by atoms with Crippen LogP contribution in [0.4, 0.5) is 4.39 Å². The summed E-state index contributed by atoms with van der Waals surface area (Å²) in [6.07, 6.45) is 0. The van der Waals surface area contributed by atoms with E-state index in [1.54, 1.807) is 13.0 Å². The molecule has 0 radical (unpaired) electrons. The average Bonchev–Trinajstić information content (AvgIpc) is 2.87. The SMILES string of the molecule is CCOC(=O)c1oc(-c2ccc(Cl)c(F)c2)nc1C(C)C. The molecule has 2 aromatic rings. The predicted octanol–water partition coefficient (Wildman–Crippen LogP) is 4.43. The number of carbonyl (C=O) groups excluding carboxylic acids is 1. The summed E-state index contributed by atoms with van der Waals surface area (Å²) in [5, 5.41) is 0.0139. The molecule has 0 aliphatic carbocycles. The molecule has 0 N–H and O–H groups in total. The summed E-state index contributed by atoms with van der Waals surface area (Å²) in [5.41, 5.74) is 0.896. The third kappa shape index (κ3) is 3.24. The first-order chi connectivity index (χ1) is 9.93. The Morgan fingerprint density at radius 2 is 2.19 bits per heavy atom. The van der Waals surface area contributed by atoms with Gasteiger partial charge >= 0.3 is 5.97 Å². The largest absolute Gasteiger partial charge is 0.460 e. The molecule has 1 aromatic carbocycles. The van der Waals surface area contributed by atoms with E-state index in [1.165, 1.54) is 12.1 Å². The van der Waals surface area contributed by atoms with Crippen LogP contribution in [-0.2, 0) is 4.74 Å². The molecule has 6 heteroatoms. The van der Waals surface area contributed by atoms with Gasteiger partial charge in [-0.2, -0.15) is 0 Å². The Labute approximate surface area is 126 Å². The van der Waals surface area contributed by atoms with Crippen molar-refractivity contribution in [1.82, 2.24) is 4.98 Å². The maximum atomic E-state index is 13.5. The number of hydrogen-bond donors (Lipinski definition) is 0. The number of hydrogen-bond acceptors (Lipinski definition) is 4. The molecule has 0 atom stereocenters. The van der Waals surface area contributed by atoms with Crippen LogP contribution in [0.5, 0.6) is 0 Å². The van der Waals surface area contributed by atoms with E-state index in [1.807, 2.05) is 13.8 Å². The van der Waals surface area contributed by atoms with Crippen LogP contribution in [0, 0.1) is 5.82 Å². The van der Waals surface area contributed by atoms with E-state index in [9.17, 15) is 9.18 Å². The minimum absolute atomic E-state index is 0.0139. The summed E-state index contributed by atoms with van der Waals surface area (Å²) in [6, 6.07) is 4.21. The van der Waals surface area contributed by atoms with Gasteiger partial charge in [-0.3, -0.25) is 0 Å². The summed E-state index contributed by atoms with van der Waals surface area (Å²) in [4.78, 5) is 16.2. The first-order valence-corrected chi connectivity index (χ1v) is 6.95. The molecule has 0 aliphatic rings. The van der Waals surface area contributed by atoms with Crippen molar-refractivity contribution in [3.63, 3.8) is 0 Å². The van der Waals surface area contributed by atoms with E-state index in [2.05, 4.69) is 4.98 Å². The Bertz CT molecular complexity index is 667. The average molecular weight is 312 g/mol. The lowest BCUT2D eigenvalue weighted by molar-refractivity contribution is 0.0488. The zero-order valence-electron chi connectivity index (χ0n) is 11.9. The van der Waals surface area contributed by atoms with Gasteiger partial charge in [-0.05, 0) is 31.0 Å². The van der Waals surface area contributed by atoms with Crippen LogP contribution in [0.1, 0.15) is 42.9 Å². The van der Waals surface area contributed by atoms with Gasteiger partial charge in [-0.1, -0.05) is 25.4 Å². The van der Waals surface area contributed by atoms with Crippen molar-refractivity contribution >= 4 is 17.6 Å². The second-order valence-corrected chi connectivity index (χ2v) is 5.14. The van der Waals surface area contributed by atoms with Crippen LogP contribution in [0.2, 0.25) is 5.02 Å². The summed E-state index contributed by atoms with van der Waals surface area (Å²) >= 11 is 5.65. The second-order valence-electron chi connectivity index (χ2n) is 4.74. The number of esters is 1. The van der Waals surface area contributed by atoms with Crippen LogP contribution in [0.25, 0.3) is 11.5 Å². The molecule has 0 bridgehead atoms. The van der Waals surface area contributed by atoms with Crippen LogP contribution < -0.4 is 0 Å². The molecule has 0 saturated carbocycles. The summed E-state index contributed by atoms with van der Waals surface area (Å²) < 4.78 is 23.9. The van der Waals surface area contributed by atoms with Gasteiger partial charge < -0.3 is 9.15 Å². The zero-order chi connectivity index (χ0) is 15.6. The van der Waals surface area contributed by atoms with Gasteiger partial charge in [0.05, 0.1) is 17.3 Å². The monoisotopic (exact) mass is 311 g/mol. The maximum Gasteiger partial charge on any atom is 0.376 e. The van der Waals surface area contributed by atoms with Crippen LogP contribution in [0.15, 0.2) is 22.6 Å². The second kappa shape index (κ2) is 6.26. The van der Waals surface area contributed by atoms with Gasteiger partial charge in [-0.15, -0.1) is 0 Å². The molecule has 2 rings (SSSR count). The van der Waals surface area contributed by atoms with E-state index in [-0.39, 0.29) is 29.2 Å². The minimum Gasteiger partial charge on any atom is -0.460 e. The van der Waals surface area contributed by atoms with Crippen LogP contribution in [-0.4, -0.2) is 17.6 Å². The molecule has 0 saturated heterocycles. The van der Waals surface area contributed by atoms with E-state index >= 15 is 0 Å². The van der Waals surface area contributed by atoms with Gasteiger partial charge in [0.15, 0.2) is 0 Å². The summed E-state index contributed by atoms with van der Waals surface area (Å²) in [7, 11) is 0. The third-order valence-electron chi connectivity index (χ3n) is 2.83. The number of halogens is 2. The molecule has 0 spiro atoms. The van der Waals surface area contributed by atoms with E-state index < -0.39 is 11.8 Å². The van der Waals surface area contributed by atoms with Crippen molar-refractivity contribution in [2.24, 2.45) is 0 Å². The molecule has 112 valence electrons. The fraction of sp³-hybridized carbons (Fsp3) is 0.333.